The minimum atomic E-state index is -2.02. The molecule has 122 valence electrons. The molecular formula is C14H22BNO6. The first-order chi connectivity index (χ1) is 9.82. The van der Waals surface area contributed by atoms with Crippen LogP contribution in [0.2, 0.25) is 0 Å². The summed E-state index contributed by atoms with van der Waals surface area (Å²) in [4.78, 5) is 24.2. The van der Waals surface area contributed by atoms with Crippen LogP contribution < -0.4 is 5.59 Å². The van der Waals surface area contributed by atoms with Crippen LogP contribution >= 0.6 is 0 Å². The lowest BCUT2D eigenvalue weighted by Gasteiger charge is -2.21. The summed E-state index contributed by atoms with van der Waals surface area (Å²) in [6, 6.07) is 1.28. The molecule has 0 radical (unpaired) electrons. The van der Waals surface area contributed by atoms with Crippen LogP contribution in [-0.4, -0.2) is 45.0 Å². The highest BCUT2D eigenvalue weighted by molar-refractivity contribution is 6.60. The van der Waals surface area contributed by atoms with Gasteiger partial charge < -0.3 is 19.5 Å². The van der Waals surface area contributed by atoms with Crippen molar-refractivity contribution in [2.45, 2.75) is 52.7 Å². The summed E-state index contributed by atoms with van der Waals surface area (Å²) in [6.07, 6.45) is 0.424. The van der Waals surface area contributed by atoms with Gasteiger partial charge in [-0.25, -0.2) is 9.59 Å². The maximum absolute atomic E-state index is 12.1. The van der Waals surface area contributed by atoms with E-state index in [0.29, 0.717) is 0 Å². The van der Waals surface area contributed by atoms with Crippen LogP contribution in [0, 0.1) is 0 Å². The normalized spacial score (nSPS) is 12.0. The Morgan fingerprint density at radius 2 is 1.55 bits per heavy atom. The largest absolute Gasteiger partial charge is 0.507 e. The molecule has 1 heterocycles. The second-order valence-electron chi connectivity index (χ2n) is 6.84. The number of ether oxygens (including phenoxy) is 2. The van der Waals surface area contributed by atoms with Gasteiger partial charge in [-0.2, -0.15) is 0 Å². The fourth-order valence-electron chi connectivity index (χ4n) is 1.68. The summed E-state index contributed by atoms with van der Waals surface area (Å²) in [6.45, 7) is 10.1. The smallest absolute Gasteiger partial charge is 0.456 e. The predicted octanol–water partition coefficient (Wildman–Crippen LogP) is 0.906. The van der Waals surface area contributed by atoms with Crippen LogP contribution in [0.3, 0.4) is 0 Å². The van der Waals surface area contributed by atoms with Gasteiger partial charge in [0.1, 0.15) is 11.2 Å². The molecule has 0 aliphatic rings. The standard InChI is InChI=1S/C14H22BNO6/c1-13(2,3)21-11(17)9-7-8-16(10(9)15(19)20)12(18)22-14(4,5)6/h7-8,19-20H,1-6H3. The highest BCUT2D eigenvalue weighted by Gasteiger charge is 2.31. The van der Waals surface area contributed by atoms with Crippen LogP contribution in [0.1, 0.15) is 51.9 Å². The lowest BCUT2D eigenvalue weighted by molar-refractivity contribution is 0.00707. The Hall–Kier alpha value is -1.80. The average molecular weight is 311 g/mol. The van der Waals surface area contributed by atoms with Gasteiger partial charge in [0.2, 0.25) is 0 Å². The van der Waals surface area contributed by atoms with E-state index in [1.54, 1.807) is 41.5 Å². The topological polar surface area (TPSA) is 98.0 Å². The van der Waals surface area contributed by atoms with E-state index in [2.05, 4.69) is 0 Å². The minimum Gasteiger partial charge on any atom is -0.456 e. The van der Waals surface area contributed by atoms with Gasteiger partial charge in [-0.3, -0.25) is 4.57 Å². The Morgan fingerprint density at radius 1 is 1.05 bits per heavy atom. The van der Waals surface area contributed by atoms with E-state index < -0.39 is 30.4 Å². The SMILES string of the molecule is CC(C)(C)OC(=O)c1ccn(C(=O)OC(C)(C)C)c1B(O)O. The van der Waals surface area contributed by atoms with Crippen LogP contribution in [-0.2, 0) is 9.47 Å². The van der Waals surface area contributed by atoms with Crippen molar-refractivity contribution in [3.05, 3.63) is 17.8 Å². The van der Waals surface area contributed by atoms with Gasteiger partial charge in [-0.05, 0) is 47.6 Å². The minimum absolute atomic E-state index is 0.101. The van der Waals surface area contributed by atoms with E-state index in [1.165, 1.54) is 12.3 Å². The molecule has 1 aromatic heterocycles. The molecule has 0 fully saturated rings. The van der Waals surface area contributed by atoms with Crippen molar-refractivity contribution in [3.8, 4) is 0 Å². The summed E-state index contributed by atoms with van der Waals surface area (Å²) in [7, 11) is -2.02. The number of rotatable bonds is 2. The Kier molecular flexibility index (Phi) is 5.09. The van der Waals surface area contributed by atoms with Gasteiger partial charge in [0.25, 0.3) is 0 Å². The molecule has 0 spiro atoms. The number of esters is 1. The summed E-state index contributed by atoms with van der Waals surface area (Å²) in [5.41, 5.74) is -1.90. The van der Waals surface area contributed by atoms with Crippen LogP contribution in [0.4, 0.5) is 4.79 Å². The fraction of sp³-hybridized carbons (Fsp3) is 0.571. The molecule has 0 saturated heterocycles. The average Bonchev–Trinajstić information content (AvgIpc) is 2.68. The van der Waals surface area contributed by atoms with E-state index in [9.17, 15) is 19.6 Å². The highest BCUT2D eigenvalue weighted by Crippen LogP contribution is 2.13. The van der Waals surface area contributed by atoms with Crippen LogP contribution in [0.5, 0.6) is 0 Å². The molecule has 0 unspecified atom stereocenters. The summed E-state index contributed by atoms with van der Waals surface area (Å²) in [5, 5.41) is 19.0. The van der Waals surface area contributed by atoms with Crippen molar-refractivity contribution < 1.29 is 29.1 Å². The summed E-state index contributed by atoms with van der Waals surface area (Å²) >= 11 is 0. The third kappa shape index (κ3) is 4.89. The molecule has 0 aliphatic heterocycles. The molecule has 7 nitrogen and oxygen atoms in total. The lowest BCUT2D eigenvalue weighted by Crippen LogP contribution is -2.44. The van der Waals surface area contributed by atoms with Crippen molar-refractivity contribution in [2.24, 2.45) is 0 Å². The van der Waals surface area contributed by atoms with Crippen LogP contribution in [0.15, 0.2) is 12.3 Å². The Labute approximate surface area is 130 Å². The van der Waals surface area contributed by atoms with Gasteiger partial charge in [-0.15, -0.1) is 0 Å². The lowest BCUT2D eigenvalue weighted by atomic mass is 9.83. The second-order valence-corrected chi connectivity index (χ2v) is 6.84. The predicted molar refractivity (Wildman–Crippen MR) is 81.1 cm³/mol. The molecule has 2 N–H and O–H groups in total. The zero-order valence-corrected chi connectivity index (χ0v) is 13.7. The molecular weight excluding hydrogens is 289 g/mol. The van der Waals surface area contributed by atoms with Gasteiger partial charge >= 0.3 is 19.2 Å². The van der Waals surface area contributed by atoms with E-state index in [4.69, 9.17) is 9.47 Å². The Morgan fingerprint density at radius 3 is 1.95 bits per heavy atom. The van der Waals surface area contributed by atoms with Crippen molar-refractivity contribution in [3.63, 3.8) is 0 Å². The number of carbonyl (C=O) groups excluding carboxylic acids is 2. The first-order valence-electron chi connectivity index (χ1n) is 6.86. The van der Waals surface area contributed by atoms with Gasteiger partial charge in [0.15, 0.2) is 0 Å². The molecule has 22 heavy (non-hydrogen) atoms. The van der Waals surface area contributed by atoms with Gasteiger partial charge in [0.05, 0.1) is 11.2 Å². The first kappa shape index (κ1) is 18.3. The number of carbonyl (C=O) groups is 2. The third-order valence-electron chi connectivity index (χ3n) is 2.38. The zero-order valence-electron chi connectivity index (χ0n) is 13.7. The number of hydrogen-bond donors (Lipinski definition) is 2. The van der Waals surface area contributed by atoms with Gasteiger partial charge in [-0.1, -0.05) is 0 Å². The van der Waals surface area contributed by atoms with Crippen molar-refractivity contribution in [1.82, 2.24) is 4.57 Å². The van der Waals surface area contributed by atoms with Crippen molar-refractivity contribution in [2.75, 3.05) is 0 Å². The molecule has 0 atom stereocenters. The Balaban J connectivity index is 3.18. The quantitative estimate of drug-likeness (QED) is 0.622. The molecule has 0 bridgehead atoms. The van der Waals surface area contributed by atoms with Gasteiger partial charge in [0, 0.05) is 6.20 Å². The van der Waals surface area contributed by atoms with Crippen molar-refractivity contribution >= 4 is 24.8 Å². The van der Waals surface area contributed by atoms with E-state index in [1.807, 2.05) is 0 Å². The third-order valence-corrected chi connectivity index (χ3v) is 2.38. The van der Waals surface area contributed by atoms with Crippen LogP contribution in [0.25, 0.3) is 0 Å². The Bertz CT molecular complexity index is 519. The summed E-state index contributed by atoms with van der Waals surface area (Å²) < 4.78 is 11.2. The van der Waals surface area contributed by atoms with E-state index in [-0.39, 0.29) is 11.2 Å². The van der Waals surface area contributed by atoms with E-state index >= 15 is 0 Å². The number of nitrogens with zero attached hydrogens (tertiary/aromatic N) is 1. The van der Waals surface area contributed by atoms with E-state index in [0.717, 1.165) is 4.57 Å². The highest BCUT2D eigenvalue weighted by atomic mass is 16.6. The fourth-order valence-corrected chi connectivity index (χ4v) is 1.68. The maximum atomic E-state index is 12.1. The molecule has 1 rings (SSSR count). The van der Waals surface area contributed by atoms with Crippen molar-refractivity contribution in [1.29, 1.82) is 0 Å². The molecule has 1 aromatic rings. The molecule has 0 aromatic carbocycles. The molecule has 0 amide bonds. The molecule has 8 heteroatoms. The number of hydrogen-bond acceptors (Lipinski definition) is 6. The monoisotopic (exact) mass is 311 g/mol. The molecule has 0 aliphatic carbocycles. The number of aromatic nitrogens is 1. The molecule has 0 saturated carbocycles. The summed E-state index contributed by atoms with van der Waals surface area (Å²) in [5.74, 6) is -0.752. The first-order valence-corrected chi connectivity index (χ1v) is 6.86. The zero-order chi connectivity index (χ0) is 17.3. The maximum Gasteiger partial charge on any atom is 0.507 e. The second kappa shape index (κ2) is 6.14.